The van der Waals surface area contributed by atoms with Crippen molar-refractivity contribution in [1.82, 2.24) is 0 Å². The van der Waals surface area contributed by atoms with E-state index in [0.717, 1.165) is 12.8 Å². The van der Waals surface area contributed by atoms with E-state index in [4.69, 9.17) is 15.9 Å². The number of carbonyl (C=O) groups is 2. The van der Waals surface area contributed by atoms with Crippen molar-refractivity contribution in [3.8, 4) is 12.3 Å². The summed E-state index contributed by atoms with van der Waals surface area (Å²) in [4.78, 5) is 22.7. The summed E-state index contributed by atoms with van der Waals surface area (Å²) in [7, 11) is 0. The summed E-state index contributed by atoms with van der Waals surface area (Å²) in [5.41, 5.74) is 0. The highest BCUT2D eigenvalue weighted by atomic mass is 16.5. The Kier molecular flexibility index (Phi) is 16.7. The van der Waals surface area contributed by atoms with Crippen LogP contribution in [-0.2, 0) is 19.1 Å². The molecule has 0 aromatic carbocycles. The van der Waals surface area contributed by atoms with Gasteiger partial charge in [-0.3, -0.25) is 9.59 Å². The van der Waals surface area contributed by atoms with E-state index in [1.54, 1.807) is 0 Å². The van der Waals surface area contributed by atoms with Crippen molar-refractivity contribution in [2.24, 2.45) is 0 Å². The quantitative estimate of drug-likeness (QED) is 0.230. The van der Waals surface area contributed by atoms with Crippen molar-refractivity contribution in [2.45, 2.75) is 90.4 Å². The number of rotatable bonds is 16. The summed E-state index contributed by atoms with van der Waals surface area (Å²) in [5.74, 6) is 1.76. The van der Waals surface area contributed by atoms with Crippen LogP contribution in [0, 0.1) is 12.3 Å². The number of hydrogen-bond acceptors (Lipinski definition) is 4. The third kappa shape index (κ3) is 16.9. The second kappa shape index (κ2) is 17.8. The van der Waals surface area contributed by atoms with E-state index in [1.165, 1.54) is 44.9 Å². The average molecular weight is 338 g/mol. The highest BCUT2D eigenvalue weighted by Crippen LogP contribution is 2.10. The standard InChI is InChI=1S/C20H34O4/c1-3-5-6-7-8-9-10-11-14-18-24-20(22)16-13-12-15-19(21)23-17-4-2/h2H,3,5-18H2,1H3. The van der Waals surface area contributed by atoms with E-state index in [1.807, 2.05) is 0 Å². The summed E-state index contributed by atoms with van der Waals surface area (Å²) in [6.45, 7) is 2.76. The zero-order chi connectivity index (χ0) is 17.9. The van der Waals surface area contributed by atoms with Gasteiger partial charge in [-0.15, -0.1) is 6.42 Å². The van der Waals surface area contributed by atoms with E-state index >= 15 is 0 Å². The molecule has 0 aromatic heterocycles. The number of carbonyl (C=O) groups excluding carboxylic acids is 2. The first-order chi connectivity index (χ1) is 11.7. The molecule has 0 saturated carbocycles. The van der Waals surface area contributed by atoms with Crippen molar-refractivity contribution in [1.29, 1.82) is 0 Å². The molecular formula is C20H34O4. The van der Waals surface area contributed by atoms with Crippen molar-refractivity contribution >= 4 is 11.9 Å². The molecule has 0 bridgehead atoms. The lowest BCUT2D eigenvalue weighted by atomic mass is 10.1. The van der Waals surface area contributed by atoms with Gasteiger partial charge in [0.25, 0.3) is 0 Å². The van der Waals surface area contributed by atoms with Gasteiger partial charge in [-0.25, -0.2) is 0 Å². The Morgan fingerprint density at radius 1 is 0.750 bits per heavy atom. The molecule has 0 aliphatic carbocycles. The summed E-state index contributed by atoms with van der Waals surface area (Å²) in [6, 6.07) is 0. The lowest BCUT2D eigenvalue weighted by Gasteiger charge is -2.05. The maximum atomic E-state index is 11.5. The molecule has 0 unspecified atom stereocenters. The fourth-order valence-corrected chi connectivity index (χ4v) is 2.40. The highest BCUT2D eigenvalue weighted by molar-refractivity contribution is 5.70. The van der Waals surface area contributed by atoms with Crippen LogP contribution in [0.15, 0.2) is 0 Å². The van der Waals surface area contributed by atoms with Crippen LogP contribution in [-0.4, -0.2) is 25.2 Å². The first-order valence-electron chi connectivity index (χ1n) is 9.45. The van der Waals surface area contributed by atoms with Gasteiger partial charge in [0.2, 0.25) is 0 Å². The monoisotopic (exact) mass is 338 g/mol. The molecule has 0 fully saturated rings. The first-order valence-corrected chi connectivity index (χ1v) is 9.45. The minimum atomic E-state index is -0.309. The van der Waals surface area contributed by atoms with E-state index in [0.29, 0.717) is 32.3 Å². The molecule has 24 heavy (non-hydrogen) atoms. The second-order valence-electron chi connectivity index (χ2n) is 6.12. The zero-order valence-corrected chi connectivity index (χ0v) is 15.3. The lowest BCUT2D eigenvalue weighted by molar-refractivity contribution is -0.145. The Morgan fingerprint density at radius 2 is 1.25 bits per heavy atom. The Balaban J connectivity index is 3.27. The molecule has 0 aromatic rings. The van der Waals surface area contributed by atoms with Crippen LogP contribution in [0.4, 0.5) is 0 Å². The van der Waals surface area contributed by atoms with Gasteiger partial charge in [-0.1, -0.05) is 64.2 Å². The van der Waals surface area contributed by atoms with Crippen LogP contribution in [0.25, 0.3) is 0 Å². The van der Waals surface area contributed by atoms with Gasteiger partial charge in [0.05, 0.1) is 6.61 Å². The van der Waals surface area contributed by atoms with E-state index in [2.05, 4.69) is 12.8 Å². The number of hydrogen-bond donors (Lipinski definition) is 0. The Labute approximate surface area is 147 Å². The van der Waals surface area contributed by atoms with Crippen LogP contribution >= 0.6 is 0 Å². The van der Waals surface area contributed by atoms with Crippen LogP contribution in [0.3, 0.4) is 0 Å². The molecule has 0 atom stereocenters. The molecule has 0 saturated heterocycles. The van der Waals surface area contributed by atoms with Gasteiger partial charge in [-0.2, -0.15) is 0 Å². The number of terminal acetylenes is 1. The molecule has 4 heteroatoms. The molecule has 0 N–H and O–H groups in total. The summed E-state index contributed by atoms with van der Waals surface area (Å²) < 4.78 is 9.94. The second-order valence-corrected chi connectivity index (χ2v) is 6.12. The van der Waals surface area contributed by atoms with Gasteiger partial charge in [0.1, 0.15) is 0 Å². The predicted octanol–water partition coefficient (Wildman–Crippen LogP) is 4.80. The van der Waals surface area contributed by atoms with E-state index in [-0.39, 0.29) is 18.5 Å². The molecule has 0 aliphatic heterocycles. The SMILES string of the molecule is C#CCOC(=O)CCCCC(=O)OCCCCCCCCCCC. The molecule has 0 rings (SSSR count). The van der Waals surface area contributed by atoms with E-state index < -0.39 is 0 Å². The van der Waals surface area contributed by atoms with Gasteiger partial charge >= 0.3 is 11.9 Å². The summed E-state index contributed by atoms with van der Waals surface area (Å²) in [5, 5.41) is 0. The highest BCUT2D eigenvalue weighted by Gasteiger charge is 2.05. The number of unbranched alkanes of at least 4 members (excludes halogenated alkanes) is 9. The van der Waals surface area contributed by atoms with Crippen LogP contribution in [0.2, 0.25) is 0 Å². The third-order valence-corrected chi connectivity index (χ3v) is 3.84. The fourth-order valence-electron chi connectivity index (χ4n) is 2.40. The largest absolute Gasteiger partial charge is 0.466 e. The normalized spacial score (nSPS) is 10.2. The Hall–Kier alpha value is -1.50. The minimum Gasteiger partial charge on any atom is -0.466 e. The molecule has 0 heterocycles. The molecule has 4 nitrogen and oxygen atoms in total. The van der Waals surface area contributed by atoms with Crippen molar-refractivity contribution < 1.29 is 19.1 Å². The molecule has 0 spiro atoms. The fraction of sp³-hybridized carbons (Fsp3) is 0.800. The topological polar surface area (TPSA) is 52.6 Å². The number of esters is 2. The third-order valence-electron chi connectivity index (χ3n) is 3.84. The van der Waals surface area contributed by atoms with Crippen molar-refractivity contribution in [3.63, 3.8) is 0 Å². The van der Waals surface area contributed by atoms with Crippen LogP contribution < -0.4 is 0 Å². The Bertz CT molecular complexity index is 357. The molecule has 0 radical (unpaired) electrons. The molecular weight excluding hydrogens is 304 g/mol. The first kappa shape index (κ1) is 22.5. The predicted molar refractivity (Wildman–Crippen MR) is 96.4 cm³/mol. The van der Waals surface area contributed by atoms with Crippen LogP contribution in [0.1, 0.15) is 90.4 Å². The molecule has 0 amide bonds. The van der Waals surface area contributed by atoms with Gasteiger partial charge in [-0.05, 0) is 19.3 Å². The van der Waals surface area contributed by atoms with Crippen molar-refractivity contribution in [3.05, 3.63) is 0 Å². The van der Waals surface area contributed by atoms with E-state index in [9.17, 15) is 9.59 Å². The van der Waals surface area contributed by atoms with Gasteiger partial charge < -0.3 is 9.47 Å². The van der Waals surface area contributed by atoms with Gasteiger partial charge in [0.15, 0.2) is 6.61 Å². The minimum absolute atomic E-state index is 0.0135. The lowest BCUT2D eigenvalue weighted by Crippen LogP contribution is -2.07. The Morgan fingerprint density at radius 3 is 1.79 bits per heavy atom. The summed E-state index contributed by atoms with van der Waals surface area (Å²) in [6.07, 6.45) is 18.2. The molecule has 138 valence electrons. The zero-order valence-electron chi connectivity index (χ0n) is 15.3. The maximum Gasteiger partial charge on any atom is 0.306 e. The summed E-state index contributed by atoms with van der Waals surface area (Å²) >= 11 is 0. The van der Waals surface area contributed by atoms with Gasteiger partial charge in [0, 0.05) is 12.8 Å². The van der Waals surface area contributed by atoms with Crippen molar-refractivity contribution in [2.75, 3.05) is 13.2 Å². The smallest absolute Gasteiger partial charge is 0.306 e. The number of ether oxygens (including phenoxy) is 2. The maximum absolute atomic E-state index is 11.5. The van der Waals surface area contributed by atoms with Crippen LogP contribution in [0.5, 0.6) is 0 Å². The molecule has 0 aliphatic rings. The average Bonchev–Trinajstić information content (AvgIpc) is 2.58.